The van der Waals surface area contributed by atoms with Crippen molar-refractivity contribution in [2.75, 3.05) is 7.05 Å². The van der Waals surface area contributed by atoms with Gasteiger partial charge in [0.05, 0.1) is 26.3 Å². The molecule has 3 rings (SSSR count). The molecule has 0 N–H and O–H groups in total. The van der Waals surface area contributed by atoms with Crippen LogP contribution >= 0.6 is 34.5 Å². The van der Waals surface area contributed by atoms with Crippen molar-refractivity contribution < 1.29 is 8.42 Å². The van der Waals surface area contributed by atoms with Crippen LogP contribution in [0.3, 0.4) is 0 Å². The molecule has 0 amide bonds. The molecule has 0 fully saturated rings. The summed E-state index contributed by atoms with van der Waals surface area (Å²) in [5.74, 6) is 0. The molecular weight excluding hydrogens is 387 g/mol. The topological polar surface area (TPSA) is 50.3 Å². The molecular formula is C16H14Cl2N2O2S2. The Morgan fingerprint density at radius 2 is 1.71 bits per heavy atom. The Bertz CT molecular complexity index is 949. The predicted octanol–water partition coefficient (Wildman–Crippen LogP) is 4.98. The van der Waals surface area contributed by atoms with E-state index < -0.39 is 16.1 Å². The molecule has 4 nitrogen and oxygen atoms in total. The third kappa shape index (κ3) is 3.05. The van der Waals surface area contributed by atoms with Gasteiger partial charge in [-0.05, 0) is 31.2 Å². The van der Waals surface area contributed by atoms with E-state index in [0.29, 0.717) is 5.01 Å². The number of halogens is 2. The number of hydrogen-bond donors (Lipinski definition) is 0. The molecule has 0 unspecified atom stereocenters. The van der Waals surface area contributed by atoms with Gasteiger partial charge in [0.15, 0.2) is 0 Å². The molecule has 3 aromatic rings. The number of aromatic nitrogens is 1. The van der Waals surface area contributed by atoms with Crippen molar-refractivity contribution >= 4 is 54.8 Å². The summed E-state index contributed by atoms with van der Waals surface area (Å²) in [6.07, 6.45) is 0. The second-order valence-corrected chi connectivity index (χ2v) is 9.08. The Labute approximate surface area is 154 Å². The van der Waals surface area contributed by atoms with E-state index in [1.807, 2.05) is 24.3 Å². The first-order valence-corrected chi connectivity index (χ1v) is 10.1. The van der Waals surface area contributed by atoms with Crippen molar-refractivity contribution in [1.82, 2.24) is 9.29 Å². The summed E-state index contributed by atoms with van der Waals surface area (Å²) in [6.45, 7) is 1.79. The Balaban J connectivity index is 2.02. The van der Waals surface area contributed by atoms with Crippen LogP contribution in [0.25, 0.3) is 10.2 Å². The normalized spacial score (nSPS) is 13.5. The van der Waals surface area contributed by atoms with Gasteiger partial charge in [0, 0.05) is 7.05 Å². The van der Waals surface area contributed by atoms with Gasteiger partial charge in [-0.2, -0.15) is 4.31 Å². The fourth-order valence-corrected chi connectivity index (χ4v) is 5.85. The van der Waals surface area contributed by atoms with Gasteiger partial charge in [0.25, 0.3) is 0 Å². The number of nitrogens with zero attached hydrogens (tertiary/aromatic N) is 2. The molecule has 1 atom stereocenters. The molecule has 1 aromatic heterocycles. The lowest BCUT2D eigenvalue weighted by Crippen LogP contribution is -2.30. The van der Waals surface area contributed by atoms with E-state index >= 15 is 0 Å². The van der Waals surface area contributed by atoms with Crippen LogP contribution in [-0.2, 0) is 10.0 Å². The van der Waals surface area contributed by atoms with Crippen molar-refractivity contribution in [3.8, 4) is 0 Å². The lowest BCUT2D eigenvalue weighted by molar-refractivity contribution is 0.398. The molecule has 0 aliphatic heterocycles. The molecule has 24 heavy (non-hydrogen) atoms. The molecule has 1 heterocycles. The number of sulfonamides is 1. The number of hydrogen-bond acceptors (Lipinski definition) is 4. The summed E-state index contributed by atoms with van der Waals surface area (Å²) in [4.78, 5) is 4.45. The Hall–Kier alpha value is -1.18. The number of para-hydroxylation sites is 1. The monoisotopic (exact) mass is 400 g/mol. The smallest absolute Gasteiger partial charge is 0.239 e. The largest absolute Gasteiger partial charge is 0.246 e. The van der Waals surface area contributed by atoms with Crippen molar-refractivity contribution in [2.24, 2.45) is 0 Å². The van der Waals surface area contributed by atoms with Gasteiger partial charge < -0.3 is 0 Å². The van der Waals surface area contributed by atoms with E-state index in [1.54, 1.807) is 13.0 Å². The molecule has 0 radical (unpaired) electrons. The van der Waals surface area contributed by atoms with Crippen molar-refractivity contribution in [3.05, 3.63) is 57.5 Å². The molecule has 0 aliphatic rings. The second-order valence-electron chi connectivity index (χ2n) is 5.27. The maximum Gasteiger partial charge on any atom is 0.246 e. The summed E-state index contributed by atoms with van der Waals surface area (Å²) in [5, 5.41) is 0.919. The molecule has 8 heteroatoms. The van der Waals surface area contributed by atoms with Gasteiger partial charge in [0.2, 0.25) is 10.0 Å². The lowest BCUT2D eigenvalue weighted by atomic mass is 10.3. The molecule has 0 saturated carbocycles. The highest BCUT2D eigenvalue weighted by atomic mass is 35.5. The van der Waals surface area contributed by atoms with E-state index in [4.69, 9.17) is 23.2 Å². The van der Waals surface area contributed by atoms with Gasteiger partial charge >= 0.3 is 0 Å². The van der Waals surface area contributed by atoms with Crippen molar-refractivity contribution in [1.29, 1.82) is 0 Å². The Kier molecular flexibility index (Phi) is 4.86. The van der Waals surface area contributed by atoms with Crippen LogP contribution in [0.2, 0.25) is 10.0 Å². The van der Waals surface area contributed by atoms with E-state index in [-0.39, 0.29) is 14.9 Å². The fourth-order valence-electron chi connectivity index (χ4n) is 2.31. The quantitative estimate of drug-likeness (QED) is 0.619. The van der Waals surface area contributed by atoms with E-state index in [9.17, 15) is 8.42 Å². The average Bonchev–Trinajstić information content (AvgIpc) is 2.97. The summed E-state index contributed by atoms with van der Waals surface area (Å²) in [5.41, 5.74) is 0.853. The lowest BCUT2D eigenvalue weighted by Gasteiger charge is -2.23. The van der Waals surface area contributed by atoms with Gasteiger partial charge in [-0.25, -0.2) is 13.4 Å². The second kappa shape index (κ2) is 6.61. The van der Waals surface area contributed by atoms with Crippen LogP contribution in [0.15, 0.2) is 47.4 Å². The van der Waals surface area contributed by atoms with Gasteiger partial charge in [-0.1, -0.05) is 41.4 Å². The molecule has 0 bridgehead atoms. The summed E-state index contributed by atoms with van der Waals surface area (Å²) in [6, 6.07) is 11.9. The maximum atomic E-state index is 12.9. The molecule has 0 spiro atoms. The van der Waals surface area contributed by atoms with Crippen molar-refractivity contribution in [2.45, 2.75) is 17.9 Å². The number of rotatable bonds is 4. The third-order valence-corrected chi connectivity index (χ3v) is 7.86. The SMILES string of the molecule is C[C@@H](c1nc2ccccc2s1)N(C)S(=O)(=O)c1c(Cl)cccc1Cl. The summed E-state index contributed by atoms with van der Waals surface area (Å²) in [7, 11) is -2.34. The van der Waals surface area contributed by atoms with Crippen LogP contribution in [0.4, 0.5) is 0 Å². The maximum absolute atomic E-state index is 12.9. The van der Waals surface area contributed by atoms with Gasteiger partial charge in [-0.15, -0.1) is 11.3 Å². The highest BCUT2D eigenvalue weighted by Crippen LogP contribution is 2.36. The fraction of sp³-hybridized carbons (Fsp3) is 0.188. The molecule has 0 saturated heterocycles. The third-order valence-electron chi connectivity index (χ3n) is 3.77. The van der Waals surface area contributed by atoms with E-state index in [1.165, 1.54) is 34.8 Å². The van der Waals surface area contributed by atoms with E-state index in [0.717, 1.165) is 10.2 Å². The number of benzene rings is 2. The Morgan fingerprint density at radius 1 is 1.08 bits per heavy atom. The molecule has 2 aromatic carbocycles. The minimum absolute atomic E-state index is 0.0798. The van der Waals surface area contributed by atoms with Crippen LogP contribution in [0.5, 0.6) is 0 Å². The minimum atomic E-state index is -3.85. The standard InChI is InChI=1S/C16H14Cl2N2O2S2/c1-10(16-19-13-8-3-4-9-14(13)23-16)20(2)24(21,22)15-11(17)6-5-7-12(15)18/h3-10H,1-2H3/t10-/m0/s1. The van der Waals surface area contributed by atoms with Crippen molar-refractivity contribution in [3.63, 3.8) is 0 Å². The minimum Gasteiger partial charge on any atom is -0.239 e. The number of thiazole rings is 1. The van der Waals surface area contributed by atoms with Crippen LogP contribution < -0.4 is 0 Å². The zero-order valence-corrected chi connectivity index (χ0v) is 16.0. The predicted molar refractivity (Wildman–Crippen MR) is 99.4 cm³/mol. The zero-order chi connectivity index (χ0) is 17.5. The molecule has 126 valence electrons. The van der Waals surface area contributed by atoms with Gasteiger partial charge in [0.1, 0.15) is 9.90 Å². The zero-order valence-electron chi connectivity index (χ0n) is 12.9. The van der Waals surface area contributed by atoms with Crippen LogP contribution in [0, 0.1) is 0 Å². The first kappa shape index (κ1) is 17.6. The highest BCUT2D eigenvalue weighted by molar-refractivity contribution is 7.89. The Morgan fingerprint density at radius 3 is 2.33 bits per heavy atom. The molecule has 0 aliphatic carbocycles. The first-order valence-electron chi connectivity index (χ1n) is 7.10. The first-order chi connectivity index (χ1) is 11.3. The highest BCUT2D eigenvalue weighted by Gasteiger charge is 2.31. The number of fused-ring (bicyclic) bond motifs is 1. The van der Waals surface area contributed by atoms with Crippen LogP contribution in [-0.4, -0.2) is 24.8 Å². The summed E-state index contributed by atoms with van der Waals surface area (Å²) < 4.78 is 28.1. The van der Waals surface area contributed by atoms with Gasteiger partial charge in [-0.3, -0.25) is 0 Å². The summed E-state index contributed by atoms with van der Waals surface area (Å²) >= 11 is 13.6. The van der Waals surface area contributed by atoms with Crippen LogP contribution in [0.1, 0.15) is 18.0 Å². The average molecular weight is 401 g/mol. The van der Waals surface area contributed by atoms with E-state index in [2.05, 4.69) is 4.98 Å².